The van der Waals surface area contributed by atoms with Crippen LogP contribution in [0.5, 0.6) is 0 Å². The van der Waals surface area contributed by atoms with Gasteiger partial charge in [-0.3, -0.25) is 4.79 Å². The van der Waals surface area contributed by atoms with E-state index in [1.54, 1.807) is 11.0 Å². The standard InChI is InChI=1S/C13H19ClN4OS/c1-4-18(5-2)12(19)7-6-9(3)20-13-16-10(14)8-11(15)17-13/h6-9H,4-5H2,1-3H3,(H2,15,16,17). The van der Waals surface area contributed by atoms with Gasteiger partial charge in [0.1, 0.15) is 11.0 Å². The normalized spacial score (nSPS) is 12.6. The lowest BCUT2D eigenvalue weighted by atomic mass is 10.3. The van der Waals surface area contributed by atoms with Gasteiger partial charge in [-0.25, -0.2) is 9.97 Å². The molecule has 1 unspecified atom stereocenters. The lowest BCUT2D eigenvalue weighted by molar-refractivity contribution is -0.125. The Kier molecular flexibility index (Phi) is 6.81. The first-order chi connectivity index (χ1) is 9.46. The molecule has 0 radical (unpaired) electrons. The number of hydrogen-bond acceptors (Lipinski definition) is 5. The van der Waals surface area contributed by atoms with Crippen molar-refractivity contribution in [3.63, 3.8) is 0 Å². The molecule has 0 aliphatic heterocycles. The summed E-state index contributed by atoms with van der Waals surface area (Å²) >= 11 is 7.21. The topological polar surface area (TPSA) is 72.1 Å². The summed E-state index contributed by atoms with van der Waals surface area (Å²) in [6, 6.07) is 1.50. The van der Waals surface area contributed by atoms with E-state index in [-0.39, 0.29) is 11.2 Å². The molecule has 0 saturated heterocycles. The minimum absolute atomic E-state index is 0.00831. The van der Waals surface area contributed by atoms with Crippen LogP contribution in [0.2, 0.25) is 5.15 Å². The average molecular weight is 315 g/mol. The van der Waals surface area contributed by atoms with Gasteiger partial charge in [0.05, 0.1) is 0 Å². The highest BCUT2D eigenvalue weighted by atomic mass is 35.5. The average Bonchev–Trinajstić information content (AvgIpc) is 2.36. The number of carbonyl (C=O) groups is 1. The molecule has 0 aliphatic rings. The molecule has 1 rings (SSSR count). The summed E-state index contributed by atoms with van der Waals surface area (Å²) in [4.78, 5) is 21.7. The number of carbonyl (C=O) groups excluding carboxylic acids is 1. The molecule has 110 valence electrons. The molecular weight excluding hydrogens is 296 g/mol. The molecule has 0 aliphatic carbocycles. The Morgan fingerprint density at radius 1 is 1.50 bits per heavy atom. The monoisotopic (exact) mass is 314 g/mol. The SMILES string of the molecule is CCN(CC)C(=O)C=CC(C)Sc1nc(N)cc(Cl)n1. The van der Waals surface area contributed by atoms with Crippen molar-refractivity contribution in [2.45, 2.75) is 31.2 Å². The molecular formula is C13H19ClN4OS. The Hall–Kier alpha value is -1.27. The van der Waals surface area contributed by atoms with E-state index in [1.807, 2.05) is 26.8 Å². The van der Waals surface area contributed by atoms with Gasteiger partial charge in [0.25, 0.3) is 0 Å². The molecule has 0 bridgehead atoms. The van der Waals surface area contributed by atoms with E-state index in [0.29, 0.717) is 29.2 Å². The quantitative estimate of drug-likeness (QED) is 0.378. The second kappa shape index (κ2) is 8.11. The zero-order valence-corrected chi connectivity index (χ0v) is 13.4. The fraction of sp³-hybridized carbons (Fsp3) is 0.462. The van der Waals surface area contributed by atoms with Crippen LogP contribution in [0, 0.1) is 0 Å². The first-order valence-electron chi connectivity index (χ1n) is 6.40. The van der Waals surface area contributed by atoms with Crippen LogP contribution in [-0.2, 0) is 4.79 Å². The van der Waals surface area contributed by atoms with Gasteiger partial charge in [-0.2, -0.15) is 0 Å². The first kappa shape index (κ1) is 16.8. The van der Waals surface area contributed by atoms with E-state index in [2.05, 4.69) is 9.97 Å². The molecule has 20 heavy (non-hydrogen) atoms. The van der Waals surface area contributed by atoms with Gasteiger partial charge in [-0.15, -0.1) is 0 Å². The van der Waals surface area contributed by atoms with E-state index in [9.17, 15) is 4.79 Å². The van der Waals surface area contributed by atoms with Crippen molar-refractivity contribution >= 4 is 35.1 Å². The zero-order chi connectivity index (χ0) is 15.1. The van der Waals surface area contributed by atoms with Crippen LogP contribution in [0.1, 0.15) is 20.8 Å². The fourth-order valence-corrected chi connectivity index (χ4v) is 2.57. The van der Waals surface area contributed by atoms with Crippen LogP contribution in [-0.4, -0.2) is 39.1 Å². The summed E-state index contributed by atoms with van der Waals surface area (Å²) in [5, 5.41) is 0.866. The fourth-order valence-electron chi connectivity index (χ4n) is 1.53. The number of anilines is 1. The van der Waals surface area contributed by atoms with Gasteiger partial charge >= 0.3 is 0 Å². The number of likely N-dealkylation sites (N-methyl/N-ethyl adjacent to an activating group) is 1. The van der Waals surface area contributed by atoms with Gasteiger partial charge in [-0.1, -0.05) is 29.4 Å². The second-order valence-corrected chi connectivity index (χ2v) is 5.82. The second-order valence-electron chi connectivity index (χ2n) is 4.09. The third kappa shape index (κ3) is 5.38. The number of amides is 1. The van der Waals surface area contributed by atoms with Crippen LogP contribution in [0.4, 0.5) is 5.82 Å². The van der Waals surface area contributed by atoms with Crippen LogP contribution in [0.3, 0.4) is 0 Å². The Morgan fingerprint density at radius 2 is 2.15 bits per heavy atom. The van der Waals surface area contributed by atoms with Gasteiger partial charge in [-0.05, 0) is 20.8 Å². The summed E-state index contributed by atoms with van der Waals surface area (Å²) in [5.74, 6) is 0.344. The highest BCUT2D eigenvalue weighted by Crippen LogP contribution is 2.22. The maximum Gasteiger partial charge on any atom is 0.246 e. The summed E-state index contributed by atoms with van der Waals surface area (Å²) in [7, 11) is 0. The summed E-state index contributed by atoms with van der Waals surface area (Å²) in [5.41, 5.74) is 5.61. The number of halogens is 1. The van der Waals surface area contributed by atoms with Crippen LogP contribution in [0.25, 0.3) is 0 Å². The van der Waals surface area contributed by atoms with Crippen LogP contribution >= 0.6 is 23.4 Å². The maximum atomic E-state index is 11.8. The summed E-state index contributed by atoms with van der Waals surface area (Å²) in [6.45, 7) is 7.27. The molecule has 7 heteroatoms. The third-order valence-electron chi connectivity index (χ3n) is 2.57. The first-order valence-corrected chi connectivity index (χ1v) is 7.65. The summed E-state index contributed by atoms with van der Waals surface area (Å²) < 4.78 is 0. The van der Waals surface area contributed by atoms with E-state index in [0.717, 1.165) is 0 Å². The molecule has 0 spiro atoms. The van der Waals surface area contributed by atoms with E-state index < -0.39 is 0 Å². The molecule has 1 aromatic rings. The van der Waals surface area contributed by atoms with Crippen molar-refractivity contribution < 1.29 is 4.79 Å². The van der Waals surface area contributed by atoms with Crippen molar-refractivity contribution in [1.29, 1.82) is 0 Å². The molecule has 5 nitrogen and oxygen atoms in total. The summed E-state index contributed by atoms with van der Waals surface area (Å²) in [6.07, 6.45) is 3.41. The molecule has 1 heterocycles. The molecule has 0 saturated carbocycles. The highest BCUT2D eigenvalue weighted by Gasteiger charge is 2.08. The number of rotatable bonds is 6. The minimum atomic E-state index is 0.00831. The Morgan fingerprint density at radius 3 is 2.70 bits per heavy atom. The Labute approximate surface area is 128 Å². The highest BCUT2D eigenvalue weighted by molar-refractivity contribution is 7.99. The van der Waals surface area contributed by atoms with E-state index >= 15 is 0 Å². The van der Waals surface area contributed by atoms with Crippen molar-refractivity contribution in [3.05, 3.63) is 23.4 Å². The maximum absolute atomic E-state index is 11.8. The number of aromatic nitrogens is 2. The van der Waals surface area contributed by atoms with Gasteiger partial charge < -0.3 is 10.6 Å². The largest absolute Gasteiger partial charge is 0.384 e. The van der Waals surface area contributed by atoms with Crippen LogP contribution < -0.4 is 5.73 Å². The third-order valence-corrected chi connectivity index (χ3v) is 3.69. The lowest BCUT2D eigenvalue weighted by Gasteiger charge is -2.16. The Bertz CT molecular complexity index is 471. The molecule has 1 atom stereocenters. The van der Waals surface area contributed by atoms with Crippen LogP contribution in [0.15, 0.2) is 23.4 Å². The van der Waals surface area contributed by atoms with Crippen molar-refractivity contribution in [1.82, 2.24) is 14.9 Å². The Balaban J connectivity index is 2.63. The van der Waals surface area contributed by atoms with Gasteiger partial charge in [0.2, 0.25) is 5.91 Å². The predicted octanol–water partition coefficient (Wildman–Crippen LogP) is 2.62. The molecule has 1 amide bonds. The number of nitrogens with two attached hydrogens (primary N) is 1. The number of nitrogen functional groups attached to an aromatic ring is 1. The molecule has 0 fully saturated rings. The minimum Gasteiger partial charge on any atom is -0.384 e. The van der Waals surface area contributed by atoms with Crippen molar-refractivity contribution in [2.24, 2.45) is 0 Å². The molecule has 0 aromatic carbocycles. The van der Waals surface area contributed by atoms with Crippen molar-refractivity contribution in [2.75, 3.05) is 18.8 Å². The van der Waals surface area contributed by atoms with Gasteiger partial charge in [0.15, 0.2) is 5.16 Å². The van der Waals surface area contributed by atoms with E-state index in [1.165, 1.54) is 17.8 Å². The van der Waals surface area contributed by atoms with Gasteiger partial charge in [0, 0.05) is 30.5 Å². The number of thioether (sulfide) groups is 1. The number of nitrogens with zero attached hydrogens (tertiary/aromatic N) is 3. The molecule has 1 aromatic heterocycles. The zero-order valence-electron chi connectivity index (χ0n) is 11.8. The number of hydrogen-bond donors (Lipinski definition) is 1. The molecule has 2 N–H and O–H groups in total. The van der Waals surface area contributed by atoms with Crippen molar-refractivity contribution in [3.8, 4) is 0 Å². The smallest absolute Gasteiger partial charge is 0.246 e. The predicted molar refractivity (Wildman–Crippen MR) is 83.8 cm³/mol. The van der Waals surface area contributed by atoms with E-state index in [4.69, 9.17) is 17.3 Å². The lowest BCUT2D eigenvalue weighted by Crippen LogP contribution is -2.28.